The van der Waals surface area contributed by atoms with Gasteiger partial charge < -0.3 is 9.84 Å². The summed E-state index contributed by atoms with van der Waals surface area (Å²) in [5.74, 6) is 1.06. The number of allylic oxidation sites excluding steroid dienone is 2. The summed E-state index contributed by atoms with van der Waals surface area (Å²) >= 11 is 0. The van der Waals surface area contributed by atoms with Crippen molar-refractivity contribution >= 4 is 0 Å². The minimum Gasteiger partial charge on any atom is -0.504 e. The molecule has 6 nitrogen and oxygen atoms in total. The van der Waals surface area contributed by atoms with E-state index in [0.717, 1.165) is 18.5 Å². The molecule has 0 unspecified atom stereocenters. The molecule has 0 saturated heterocycles. The van der Waals surface area contributed by atoms with Crippen LogP contribution in [0.15, 0.2) is 30.4 Å². The number of hydrogen-bond donors (Lipinski definition) is 1. The molecule has 0 aliphatic rings. The van der Waals surface area contributed by atoms with E-state index in [9.17, 15) is 5.11 Å². The van der Waals surface area contributed by atoms with Crippen molar-refractivity contribution in [2.24, 2.45) is 0 Å². The Balaban J connectivity index is 1.47. The van der Waals surface area contributed by atoms with Crippen molar-refractivity contribution in [3.05, 3.63) is 30.4 Å². The maximum Gasteiger partial charge on any atom is 0.205 e. The molecular weight excluding hydrogens is 400 g/mol. The number of methoxy groups -OCH3 is 1. The van der Waals surface area contributed by atoms with Gasteiger partial charge in [0.2, 0.25) is 5.82 Å². The summed E-state index contributed by atoms with van der Waals surface area (Å²) in [6.45, 7) is 3.05. The summed E-state index contributed by atoms with van der Waals surface area (Å²) < 4.78 is 5.14. The van der Waals surface area contributed by atoms with Crippen molar-refractivity contribution in [2.45, 2.75) is 103 Å². The van der Waals surface area contributed by atoms with Crippen LogP contribution in [-0.2, 0) is 6.54 Å². The second-order valence-corrected chi connectivity index (χ2v) is 8.53. The predicted molar refractivity (Wildman–Crippen MR) is 131 cm³/mol. The molecule has 0 spiro atoms. The van der Waals surface area contributed by atoms with Crippen LogP contribution in [-0.4, -0.2) is 32.4 Å². The zero-order valence-corrected chi connectivity index (χ0v) is 20.1. The largest absolute Gasteiger partial charge is 0.504 e. The molecular formula is C26H42N4O2. The molecule has 0 bridgehead atoms. The first-order valence-electron chi connectivity index (χ1n) is 12.5. The quantitative estimate of drug-likeness (QED) is 0.197. The van der Waals surface area contributed by atoms with Crippen molar-refractivity contribution in [3.8, 4) is 22.9 Å². The molecule has 0 saturated carbocycles. The lowest BCUT2D eigenvalue weighted by molar-refractivity contribution is 0.373. The zero-order chi connectivity index (χ0) is 22.9. The highest BCUT2D eigenvalue weighted by atomic mass is 16.5. The fourth-order valence-electron chi connectivity index (χ4n) is 3.77. The van der Waals surface area contributed by atoms with Crippen LogP contribution in [0.5, 0.6) is 11.5 Å². The molecule has 178 valence electrons. The van der Waals surface area contributed by atoms with E-state index in [1.807, 2.05) is 0 Å². The smallest absolute Gasteiger partial charge is 0.205 e. The zero-order valence-electron chi connectivity index (χ0n) is 20.1. The summed E-state index contributed by atoms with van der Waals surface area (Å²) in [7, 11) is 1.52. The van der Waals surface area contributed by atoms with Crippen molar-refractivity contribution in [1.82, 2.24) is 20.2 Å². The van der Waals surface area contributed by atoms with Crippen molar-refractivity contribution in [1.29, 1.82) is 0 Å². The third-order valence-electron chi connectivity index (χ3n) is 5.76. The first-order chi connectivity index (χ1) is 15.7. The minimum absolute atomic E-state index is 0.104. The Kier molecular flexibility index (Phi) is 13.2. The summed E-state index contributed by atoms with van der Waals surface area (Å²) in [5, 5.41) is 22.4. The predicted octanol–water partition coefficient (Wildman–Crippen LogP) is 7.09. The highest BCUT2D eigenvalue weighted by Crippen LogP contribution is 2.29. The van der Waals surface area contributed by atoms with Gasteiger partial charge in [-0.1, -0.05) is 76.9 Å². The average Bonchev–Trinajstić information content (AvgIpc) is 3.28. The monoisotopic (exact) mass is 442 g/mol. The van der Waals surface area contributed by atoms with Crippen LogP contribution < -0.4 is 4.74 Å². The summed E-state index contributed by atoms with van der Waals surface area (Å²) in [4.78, 5) is 1.66. The summed E-state index contributed by atoms with van der Waals surface area (Å²) in [6, 6.07) is 5.07. The standard InChI is InChI=1S/C26H42N4O2/c1-3-4-5-6-7-8-9-10-11-12-13-14-15-16-17-18-21-30-28-26(27-29-30)23-19-20-24(31)25(22-23)32-2/h10-11,19-20,22,31H,3-9,12-18,21H2,1-2H3/b11-10-. The fourth-order valence-corrected chi connectivity index (χ4v) is 3.77. The molecule has 32 heavy (non-hydrogen) atoms. The lowest BCUT2D eigenvalue weighted by Crippen LogP contribution is -2.02. The van der Waals surface area contributed by atoms with Gasteiger partial charge in [0, 0.05) is 5.56 Å². The number of hydrogen-bond acceptors (Lipinski definition) is 5. The minimum atomic E-state index is 0.104. The molecule has 2 aromatic rings. The second-order valence-electron chi connectivity index (χ2n) is 8.53. The van der Waals surface area contributed by atoms with Gasteiger partial charge >= 0.3 is 0 Å². The number of nitrogens with zero attached hydrogens (tertiary/aromatic N) is 4. The van der Waals surface area contributed by atoms with E-state index in [1.54, 1.807) is 23.0 Å². The normalized spacial score (nSPS) is 11.4. The number of rotatable bonds is 18. The van der Waals surface area contributed by atoms with Crippen LogP contribution in [0.2, 0.25) is 0 Å². The third kappa shape index (κ3) is 10.3. The van der Waals surface area contributed by atoms with E-state index in [-0.39, 0.29) is 5.75 Å². The number of aromatic hydroxyl groups is 1. The van der Waals surface area contributed by atoms with E-state index in [1.165, 1.54) is 90.6 Å². The third-order valence-corrected chi connectivity index (χ3v) is 5.76. The number of ether oxygens (including phenoxy) is 1. The molecule has 0 radical (unpaired) electrons. The highest BCUT2D eigenvalue weighted by molar-refractivity contribution is 5.60. The van der Waals surface area contributed by atoms with Gasteiger partial charge in [-0.25, -0.2) is 0 Å². The number of benzene rings is 1. The van der Waals surface area contributed by atoms with Gasteiger partial charge in [0.25, 0.3) is 0 Å². The molecule has 0 atom stereocenters. The van der Waals surface area contributed by atoms with Crippen LogP contribution in [0.3, 0.4) is 0 Å². The van der Waals surface area contributed by atoms with Gasteiger partial charge in [0.15, 0.2) is 11.5 Å². The van der Waals surface area contributed by atoms with Crippen molar-refractivity contribution < 1.29 is 9.84 Å². The Morgan fingerprint density at radius 2 is 1.50 bits per heavy atom. The van der Waals surface area contributed by atoms with Gasteiger partial charge in [-0.3, -0.25) is 0 Å². The van der Waals surface area contributed by atoms with Gasteiger partial charge in [-0.15, -0.1) is 10.2 Å². The molecule has 1 aromatic carbocycles. The lowest BCUT2D eigenvalue weighted by atomic mass is 10.1. The van der Waals surface area contributed by atoms with E-state index in [2.05, 4.69) is 34.5 Å². The number of phenolic OH excluding ortho intramolecular Hbond substituents is 1. The first kappa shape index (κ1) is 25.9. The molecule has 1 aromatic heterocycles. The van der Waals surface area contributed by atoms with E-state index in [0.29, 0.717) is 11.6 Å². The molecule has 0 aliphatic carbocycles. The van der Waals surface area contributed by atoms with Gasteiger partial charge in [0.1, 0.15) is 0 Å². The van der Waals surface area contributed by atoms with Crippen LogP contribution in [0, 0.1) is 0 Å². The van der Waals surface area contributed by atoms with Crippen molar-refractivity contribution in [2.75, 3.05) is 7.11 Å². The molecule has 1 heterocycles. The molecule has 2 rings (SSSR count). The molecule has 0 amide bonds. The van der Waals surface area contributed by atoms with Crippen LogP contribution in [0.1, 0.15) is 96.8 Å². The number of aromatic nitrogens is 4. The van der Waals surface area contributed by atoms with Crippen LogP contribution in [0.4, 0.5) is 0 Å². The van der Waals surface area contributed by atoms with Crippen molar-refractivity contribution in [3.63, 3.8) is 0 Å². The molecule has 0 aliphatic heterocycles. The van der Waals surface area contributed by atoms with Crippen LogP contribution in [0.25, 0.3) is 11.4 Å². The fraction of sp³-hybridized carbons (Fsp3) is 0.654. The van der Waals surface area contributed by atoms with E-state index >= 15 is 0 Å². The number of tetrazole rings is 1. The molecule has 0 fully saturated rings. The Labute approximate surface area is 194 Å². The van der Waals surface area contributed by atoms with Gasteiger partial charge in [-0.05, 0) is 55.5 Å². The van der Waals surface area contributed by atoms with E-state index in [4.69, 9.17) is 4.74 Å². The topological polar surface area (TPSA) is 73.1 Å². The second kappa shape index (κ2) is 16.3. The SMILES string of the molecule is CCCCCCCC/C=C\CCCCCCCCn1nnc(-c2ccc(O)c(OC)c2)n1. The Morgan fingerprint density at radius 1 is 0.875 bits per heavy atom. The molecule has 1 N–H and O–H groups in total. The average molecular weight is 443 g/mol. The maximum atomic E-state index is 9.71. The number of unbranched alkanes of at least 4 members (excludes halogenated alkanes) is 12. The molecule has 6 heteroatoms. The maximum absolute atomic E-state index is 9.71. The first-order valence-corrected chi connectivity index (χ1v) is 12.5. The Bertz CT molecular complexity index is 773. The summed E-state index contributed by atoms with van der Waals surface area (Å²) in [6.07, 6.45) is 23.0. The Morgan fingerprint density at radius 3 is 2.16 bits per heavy atom. The highest BCUT2D eigenvalue weighted by Gasteiger charge is 2.09. The Hall–Kier alpha value is -2.37. The number of aryl methyl sites for hydroxylation is 1. The van der Waals surface area contributed by atoms with Crippen LogP contribution >= 0.6 is 0 Å². The van der Waals surface area contributed by atoms with Gasteiger partial charge in [0.05, 0.1) is 13.7 Å². The number of phenols is 1. The van der Waals surface area contributed by atoms with Gasteiger partial charge in [-0.2, -0.15) is 4.80 Å². The summed E-state index contributed by atoms with van der Waals surface area (Å²) in [5.41, 5.74) is 0.784. The lowest BCUT2D eigenvalue weighted by Gasteiger charge is -2.03. The van der Waals surface area contributed by atoms with E-state index < -0.39 is 0 Å².